The van der Waals surface area contributed by atoms with Gasteiger partial charge < -0.3 is 10.4 Å². The van der Waals surface area contributed by atoms with Crippen LogP contribution in [0.1, 0.15) is 41.3 Å². The normalized spacial score (nSPS) is 10.7. The molecule has 3 nitrogen and oxygen atoms in total. The van der Waals surface area contributed by atoms with Gasteiger partial charge in [0.2, 0.25) is 0 Å². The summed E-state index contributed by atoms with van der Waals surface area (Å²) in [6.45, 7) is 6.23. The van der Waals surface area contributed by atoms with E-state index < -0.39 is 5.97 Å². The van der Waals surface area contributed by atoms with Crippen molar-refractivity contribution in [3.05, 3.63) is 58.1 Å². The molecule has 0 aliphatic rings. The maximum absolute atomic E-state index is 11.4. The lowest BCUT2D eigenvalue weighted by Gasteiger charge is -2.18. The number of carboxylic acid groups (broad SMARTS) is 1. The molecule has 0 aliphatic heterocycles. The highest BCUT2D eigenvalue weighted by atomic mass is 35.5. The number of aryl methyl sites for hydroxylation is 1. The van der Waals surface area contributed by atoms with E-state index in [1.54, 1.807) is 12.1 Å². The molecule has 110 valence electrons. The number of aromatic carboxylic acids is 1. The highest BCUT2D eigenvalue weighted by Gasteiger charge is 2.14. The first kappa shape index (κ1) is 15.4. The summed E-state index contributed by atoms with van der Waals surface area (Å²) in [4.78, 5) is 11.4. The van der Waals surface area contributed by atoms with Gasteiger partial charge in [0.1, 0.15) is 0 Å². The second-order valence-electron chi connectivity index (χ2n) is 5.31. The third-order valence-electron chi connectivity index (χ3n) is 3.40. The van der Waals surface area contributed by atoms with Crippen molar-refractivity contribution in [1.82, 2.24) is 0 Å². The molecule has 2 rings (SSSR count). The van der Waals surface area contributed by atoms with E-state index in [-0.39, 0.29) is 5.56 Å². The number of hydrogen-bond donors (Lipinski definition) is 2. The van der Waals surface area contributed by atoms with E-state index in [0.717, 1.165) is 16.8 Å². The van der Waals surface area contributed by atoms with Crippen molar-refractivity contribution in [2.45, 2.75) is 26.7 Å². The number of benzene rings is 2. The van der Waals surface area contributed by atoms with Crippen LogP contribution >= 0.6 is 11.6 Å². The molecular weight excluding hydrogens is 286 g/mol. The van der Waals surface area contributed by atoms with Gasteiger partial charge in [-0.15, -0.1) is 0 Å². The molecule has 0 aromatic heterocycles. The smallest absolute Gasteiger partial charge is 0.337 e. The van der Waals surface area contributed by atoms with Gasteiger partial charge in [-0.05, 0) is 42.2 Å². The van der Waals surface area contributed by atoms with Gasteiger partial charge in [-0.3, -0.25) is 0 Å². The topological polar surface area (TPSA) is 49.3 Å². The minimum atomic E-state index is -1.00. The molecule has 0 saturated heterocycles. The van der Waals surface area contributed by atoms with Crippen molar-refractivity contribution in [3.8, 4) is 0 Å². The van der Waals surface area contributed by atoms with Crippen LogP contribution in [0.3, 0.4) is 0 Å². The van der Waals surface area contributed by atoms with Crippen LogP contribution < -0.4 is 5.32 Å². The van der Waals surface area contributed by atoms with Crippen molar-refractivity contribution in [3.63, 3.8) is 0 Å². The average molecular weight is 304 g/mol. The highest BCUT2D eigenvalue weighted by Crippen LogP contribution is 2.32. The Balaban J connectivity index is 2.51. The fourth-order valence-electron chi connectivity index (χ4n) is 2.28. The van der Waals surface area contributed by atoms with Crippen molar-refractivity contribution in [1.29, 1.82) is 0 Å². The quantitative estimate of drug-likeness (QED) is 0.814. The fourth-order valence-corrected chi connectivity index (χ4v) is 2.45. The van der Waals surface area contributed by atoms with Crippen LogP contribution in [-0.4, -0.2) is 11.1 Å². The first-order valence-electron chi connectivity index (χ1n) is 6.79. The summed E-state index contributed by atoms with van der Waals surface area (Å²) in [6, 6.07) is 10.9. The lowest BCUT2D eigenvalue weighted by molar-refractivity contribution is 0.0698. The zero-order valence-corrected chi connectivity index (χ0v) is 13.0. The van der Waals surface area contributed by atoms with Crippen molar-refractivity contribution >= 4 is 28.9 Å². The van der Waals surface area contributed by atoms with Gasteiger partial charge in [0.05, 0.1) is 11.3 Å². The molecule has 0 spiro atoms. The number of nitrogens with one attached hydrogen (secondary N) is 1. The van der Waals surface area contributed by atoms with Gasteiger partial charge in [0.15, 0.2) is 0 Å². The molecule has 0 bridgehead atoms. The number of halogens is 1. The summed E-state index contributed by atoms with van der Waals surface area (Å²) in [5, 5.41) is 13.0. The van der Waals surface area contributed by atoms with Crippen LogP contribution in [-0.2, 0) is 0 Å². The number of carbonyl (C=O) groups is 1. The third-order valence-corrected chi connectivity index (χ3v) is 3.63. The number of para-hydroxylation sites is 1. The van der Waals surface area contributed by atoms with E-state index in [9.17, 15) is 9.90 Å². The molecule has 0 fully saturated rings. The van der Waals surface area contributed by atoms with Gasteiger partial charge in [-0.1, -0.05) is 43.6 Å². The van der Waals surface area contributed by atoms with Crippen LogP contribution in [0.15, 0.2) is 36.4 Å². The van der Waals surface area contributed by atoms with E-state index >= 15 is 0 Å². The lowest BCUT2D eigenvalue weighted by Crippen LogP contribution is -2.06. The Kier molecular flexibility index (Phi) is 4.53. The van der Waals surface area contributed by atoms with Crippen molar-refractivity contribution in [2.24, 2.45) is 0 Å². The van der Waals surface area contributed by atoms with Gasteiger partial charge in [-0.2, -0.15) is 0 Å². The number of hydrogen-bond acceptors (Lipinski definition) is 2. The minimum absolute atomic E-state index is 0.167. The largest absolute Gasteiger partial charge is 0.478 e. The maximum atomic E-state index is 11.4. The monoisotopic (exact) mass is 303 g/mol. The predicted molar refractivity (Wildman–Crippen MR) is 87.0 cm³/mol. The first-order valence-corrected chi connectivity index (χ1v) is 7.17. The lowest BCUT2D eigenvalue weighted by atomic mass is 9.97. The Morgan fingerprint density at radius 2 is 1.95 bits per heavy atom. The average Bonchev–Trinajstić information content (AvgIpc) is 2.42. The minimum Gasteiger partial charge on any atom is -0.478 e. The molecule has 2 N–H and O–H groups in total. The third kappa shape index (κ3) is 3.37. The number of carboxylic acids is 1. The van der Waals surface area contributed by atoms with Crippen LogP contribution in [0, 0.1) is 6.92 Å². The molecule has 0 radical (unpaired) electrons. The molecular formula is C17H18ClNO2. The van der Waals surface area contributed by atoms with Gasteiger partial charge in [0, 0.05) is 10.7 Å². The summed E-state index contributed by atoms with van der Waals surface area (Å²) in [5.74, 6) is -0.660. The second-order valence-corrected chi connectivity index (χ2v) is 5.75. The standard InChI is InChI=1S/C17H18ClNO2/c1-10(2)13-6-4-5-11(3)16(13)19-15-8-7-12(18)9-14(15)17(20)21/h4-10,19H,1-3H3,(H,20,21). The summed E-state index contributed by atoms with van der Waals surface area (Å²) in [5.41, 5.74) is 3.90. The van der Waals surface area contributed by atoms with Gasteiger partial charge >= 0.3 is 5.97 Å². The SMILES string of the molecule is Cc1cccc(C(C)C)c1Nc1ccc(Cl)cc1C(=O)O. The van der Waals surface area contributed by atoms with Gasteiger partial charge in [0.25, 0.3) is 0 Å². The van der Waals surface area contributed by atoms with Gasteiger partial charge in [-0.25, -0.2) is 4.79 Å². The number of rotatable bonds is 4. The second kappa shape index (κ2) is 6.19. The molecule has 2 aromatic carbocycles. The van der Waals surface area contributed by atoms with Crippen LogP contribution in [0.4, 0.5) is 11.4 Å². The molecule has 2 aromatic rings. The molecule has 0 heterocycles. The molecule has 0 aliphatic carbocycles. The molecule has 0 atom stereocenters. The Morgan fingerprint density at radius 3 is 2.57 bits per heavy atom. The first-order chi connectivity index (χ1) is 9.90. The Hall–Kier alpha value is -2.00. The summed E-state index contributed by atoms with van der Waals surface area (Å²) in [6.07, 6.45) is 0. The molecule has 0 unspecified atom stereocenters. The van der Waals surface area contributed by atoms with E-state index in [0.29, 0.717) is 16.6 Å². The molecule has 4 heteroatoms. The summed E-state index contributed by atoms with van der Waals surface area (Å²) < 4.78 is 0. The molecule has 21 heavy (non-hydrogen) atoms. The Labute approximate surface area is 129 Å². The summed E-state index contributed by atoms with van der Waals surface area (Å²) >= 11 is 5.89. The zero-order chi connectivity index (χ0) is 15.6. The predicted octanol–water partition coefficient (Wildman–Crippen LogP) is 5.21. The molecule has 0 saturated carbocycles. The zero-order valence-electron chi connectivity index (χ0n) is 12.3. The van der Waals surface area contributed by atoms with E-state index in [1.165, 1.54) is 6.07 Å². The Morgan fingerprint density at radius 1 is 1.24 bits per heavy atom. The van der Waals surface area contributed by atoms with E-state index in [1.807, 2.05) is 19.1 Å². The van der Waals surface area contributed by atoms with Crippen molar-refractivity contribution in [2.75, 3.05) is 5.32 Å². The fraction of sp³-hybridized carbons (Fsp3) is 0.235. The van der Waals surface area contributed by atoms with Crippen molar-refractivity contribution < 1.29 is 9.90 Å². The maximum Gasteiger partial charge on any atom is 0.337 e. The van der Waals surface area contributed by atoms with Crippen LogP contribution in [0.2, 0.25) is 5.02 Å². The number of anilines is 2. The summed E-state index contributed by atoms with van der Waals surface area (Å²) in [7, 11) is 0. The van der Waals surface area contributed by atoms with E-state index in [4.69, 9.17) is 11.6 Å². The van der Waals surface area contributed by atoms with E-state index in [2.05, 4.69) is 25.2 Å². The Bertz CT molecular complexity index is 680. The van der Waals surface area contributed by atoms with Crippen LogP contribution in [0.25, 0.3) is 0 Å². The van der Waals surface area contributed by atoms with Crippen LogP contribution in [0.5, 0.6) is 0 Å². The highest BCUT2D eigenvalue weighted by molar-refractivity contribution is 6.31. The molecule has 0 amide bonds.